The minimum atomic E-state index is 0.317. The molecule has 1 aliphatic heterocycles. The Hall–Kier alpha value is -3.29. The number of piperidine rings is 1. The Bertz CT molecular complexity index is 989. The number of aromatic nitrogens is 3. The maximum Gasteiger partial charge on any atom is 0.214 e. The van der Waals surface area contributed by atoms with E-state index in [9.17, 15) is 0 Å². The smallest absolute Gasteiger partial charge is 0.214 e. The molecule has 1 saturated heterocycles. The van der Waals surface area contributed by atoms with Gasteiger partial charge in [-0.25, -0.2) is 4.98 Å². The van der Waals surface area contributed by atoms with E-state index in [1.54, 1.807) is 13.2 Å². The Balaban J connectivity index is 1.31. The van der Waals surface area contributed by atoms with Crippen molar-refractivity contribution in [2.24, 2.45) is 12.0 Å². The van der Waals surface area contributed by atoms with E-state index < -0.39 is 0 Å². The molecule has 3 aromatic rings. The third-order valence-electron chi connectivity index (χ3n) is 5.34. The van der Waals surface area contributed by atoms with E-state index in [-0.39, 0.29) is 0 Å². The van der Waals surface area contributed by atoms with Crippen LogP contribution in [0.4, 0.5) is 5.69 Å². The fourth-order valence-corrected chi connectivity index (χ4v) is 3.69. The van der Waals surface area contributed by atoms with Gasteiger partial charge in [0.1, 0.15) is 0 Å². The van der Waals surface area contributed by atoms with Crippen LogP contribution in [0.3, 0.4) is 0 Å². The molecule has 1 unspecified atom stereocenters. The summed E-state index contributed by atoms with van der Waals surface area (Å²) < 4.78 is 7.74. The highest BCUT2D eigenvalue weighted by molar-refractivity contribution is 5.80. The van der Waals surface area contributed by atoms with Crippen molar-refractivity contribution in [3.05, 3.63) is 54.3 Å². The Labute approximate surface area is 177 Å². The SMILES string of the molecule is CN=C(NCc1ncc(-c2ccc(C)cc2)o1)NC1CCCN(c2cnn(C)c2)C1. The first-order valence-electron chi connectivity index (χ1n) is 10.3. The van der Waals surface area contributed by atoms with Gasteiger partial charge in [-0.05, 0) is 19.8 Å². The normalized spacial score (nSPS) is 17.2. The van der Waals surface area contributed by atoms with E-state index in [1.165, 1.54) is 5.56 Å². The van der Waals surface area contributed by atoms with Gasteiger partial charge >= 0.3 is 0 Å². The zero-order valence-corrected chi connectivity index (χ0v) is 17.8. The van der Waals surface area contributed by atoms with Crippen LogP contribution in [0, 0.1) is 6.92 Å². The van der Waals surface area contributed by atoms with Gasteiger partial charge in [-0.3, -0.25) is 9.67 Å². The first-order valence-corrected chi connectivity index (χ1v) is 10.3. The van der Waals surface area contributed by atoms with Crippen LogP contribution in [0.25, 0.3) is 11.3 Å². The van der Waals surface area contributed by atoms with Gasteiger partial charge < -0.3 is 20.0 Å². The lowest BCUT2D eigenvalue weighted by molar-refractivity contribution is 0.462. The fourth-order valence-electron chi connectivity index (χ4n) is 3.69. The number of nitrogens with one attached hydrogen (secondary N) is 2. The molecule has 1 fully saturated rings. The molecule has 0 amide bonds. The molecule has 8 nitrogen and oxygen atoms in total. The highest BCUT2D eigenvalue weighted by Gasteiger charge is 2.22. The maximum atomic E-state index is 5.90. The number of benzene rings is 1. The summed E-state index contributed by atoms with van der Waals surface area (Å²) in [5.74, 6) is 2.16. The largest absolute Gasteiger partial charge is 0.439 e. The fraction of sp³-hybridized carbons (Fsp3) is 0.409. The van der Waals surface area contributed by atoms with Crippen LogP contribution in [-0.2, 0) is 13.6 Å². The van der Waals surface area contributed by atoms with Crippen LogP contribution in [0.15, 0.2) is 52.3 Å². The molecule has 0 saturated carbocycles. The van der Waals surface area contributed by atoms with Crippen molar-refractivity contribution in [1.82, 2.24) is 25.4 Å². The summed E-state index contributed by atoms with van der Waals surface area (Å²) in [4.78, 5) is 11.1. The average Bonchev–Trinajstić information content (AvgIpc) is 3.41. The lowest BCUT2D eigenvalue weighted by atomic mass is 10.1. The van der Waals surface area contributed by atoms with Gasteiger partial charge in [0.15, 0.2) is 11.7 Å². The Morgan fingerprint density at radius 3 is 2.83 bits per heavy atom. The van der Waals surface area contributed by atoms with Crippen LogP contribution in [0.1, 0.15) is 24.3 Å². The van der Waals surface area contributed by atoms with E-state index in [2.05, 4.69) is 55.9 Å². The summed E-state index contributed by atoms with van der Waals surface area (Å²) in [5.41, 5.74) is 3.41. The van der Waals surface area contributed by atoms with E-state index in [4.69, 9.17) is 4.42 Å². The van der Waals surface area contributed by atoms with E-state index in [0.29, 0.717) is 18.5 Å². The molecule has 1 aliphatic rings. The standard InChI is InChI=1S/C22H29N7O/c1-16-6-8-17(9-7-16)20-12-24-21(30-20)13-25-22(23-2)27-18-5-4-10-29(14-18)19-11-26-28(3)15-19/h6-9,11-12,15,18H,4-5,10,13-14H2,1-3H3,(H2,23,25,27). The molecule has 0 aliphatic carbocycles. The van der Waals surface area contributed by atoms with E-state index >= 15 is 0 Å². The number of hydrogen-bond donors (Lipinski definition) is 2. The Morgan fingerprint density at radius 2 is 2.10 bits per heavy atom. The molecule has 8 heteroatoms. The number of hydrogen-bond acceptors (Lipinski definition) is 5. The topological polar surface area (TPSA) is 83.5 Å². The minimum absolute atomic E-state index is 0.317. The molecule has 4 rings (SSSR count). The molecule has 30 heavy (non-hydrogen) atoms. The number of aryl methyl sites for hydroxylation is 2. The van der Waals surface area contributed by atoms with Crippen molar-refractivity contribution >= 4 is 11.6 Å². The van der Waals surface area contributed by atoms with Crippen LogP contribution in [-0.4, -0.2) is 46.9 Å². The molecule has 158 valence electrons. The third-order valence-corrected chi connectivity index (χ3v) is 5.34. The minimum Gasteiger partial charge on any atom is -0.439 e. The predicted molar refractivity (Wildman–Crippen MR) is 118 cm³/mol. The summed E-state index contributed by atoms with van der Waals surface area (Å²) >= 11 is 0. The zero-order valence-electron chi connectivity index (χ0n) is 17.8. The second-order valence-corrected chi connectivity index (χ2v) is 7.71. The molecule has 1 aromatic carbocycles. The monoisotopic (exact) mass is 407 g/mol. The summed E-state index contributed by atoms with van der Waals surface area (Å²) in [5, 5.41) is 11.1. The second-order valence-electron chi connectivity index (χ2n) is 7.71. The van der Waals surface area contributed by atoms with Crippen molar-refractivity contribution in [1.29, 1.82) is 0 Å². The lowest BCUT2D eigenvalue weighted by Gasteiger charge is -2.34. The van der Waals surface area contributed by atoms with Crippen LogP contribution in [0.2, 0.25) is 0 Å². The van der Waals surface area contributed by atoms with Gasteiger partial charge in [0.05, 0.1) is 24.6 Å². The lowest BCUT2D eigenvalue weighted by Crippen LogP contribution is -2.51. The zero-order chi connectivity index (χ0) is 20.9. The van der Waals surface area contributed by atoms with Gasteiger partial charge in [-0.2, -0.15) is 5.10 Å². The molecular weight excluding hydrogens is 378 g/mol. The van der Waals surface area contributed by atoms with Crippen LogP contribution in [0.5, 0.6) is 0 Å². The molecule has 0 spiro atoms. The summed E-state index contributed by atoms with van der Waals surface area (Å²) in [6.45, 7) is 4.52. The average molecular weight is 408 g/mol. The number of rotatable bonds is 5. The third kappa shape index (κ3) is 4.82. The second kappa shape index (κ2) is 9.02. The van der Waals surface area contributed by atoms with Crippen molar-refractivity contribution < 1.29 is 4.42 Å². The van der Waals surface area contributed by atoms with E-state index in [0.717, 1.165) is 48.9 Å². The van der Waals surface area contributed by atoms with Crippen molar-refractivity contribution in [3.8, 4) is 11.3 Å². The van der Waals surface area contributed by atoms with Crippen LogP contribution >= 0.6 is 0 Å². The maximum absolute atomic E-state index is 5.90. The number of oxazole rings is 1. The molecule has 1 atom stereocenters. The van der Waals surface area contributed by atoms with Gasteiger partial charge in [0, 0.05) is 45.0 Å². The summed E-state index contributed by atoms with van der Waals surface area (Å²) in [6.07, 6.45) is 7.98. The first kappa shape index (κ1) is 20.0. The first-order chi connectivity index (χ1) is 14.6. The predicted octanol–water partition coefficient (Wildman–Crippen LogP) is 2.72. The Kier molecular flexibility index (Phi) is 6.02. The number of nitrogens with zero attached hydrogens (tertiary/aromatic N) is 5. The number of aliphatic imine (C=N–C) groups is 1. The van der Waals surface area contributed by atoms with Gasteiger partial charge in [0.2, 0.25) is 5.89 Å². The summed E-state index contributed by atoms with van der Waals surface area (Å²) in [7, 11) is 3.73. The van der Waals surface area contributed by atoms with Gasteiger partial charge in [-0.1, -0.05) is 29.8 Å². The molecule has 3 heterocycles. The van der Waals surface area contributed by atoms with Crippen molar-refractivity contribution in [2.45, 2.75) is 32.4 Å². The van der Waals surface area contributed by atoms with Gasteiger partial charge in [-0.15, -0.1) is 0 Å². The number of guanidine groups is 1. The van der Waals surface area contributed by atoms with Gasteiger partial charge in [0.25, 0.3) is 0 Å². The van der Waals surface area contributed by atoms with Crippen LogP contribution < -0.4 is 15.5 Å². The van der Waals surface area contributed by atoms with Crippen molar-refractivity contribution in [3.63, 3.8) is 0 Å². The molecule has 2 aromatic heterocycles. The molecular formula is C22H29N7O. The molecule has 2 N–H and O–H groups in total. The molecule has 0 bridgehead atoms. The number of anilines is 1. The highest BCUT2D eigenvalue weighted by atomic mass is 16.4. The highest BCUT2D eigenvalue weighted by Crippen LogP contribution is 2.21. The quantitative estimate of drug-likeness (QED) is 0.500. The molecule has 0 radical (unpaired) electrons. The van der Waals surface area contributed by atoms with E-state index in [1.807, 2.05) is 30.1 Å². The Morgan fingerprint density at radius 1 is 1.27 bits per heavy atom. The van der Waals surface area contributed by atoms with Crippen molar-refractivity contribution in [2.75, 3.05) is 25.0 Å². The summed E-state index contributed by atoms with van der Waals surface area (Å²) in [6, 6.07) is 8.55.